The SMILES string of the molecule is O=C(O)Cc1nc(-c2ccc(F)cc2)ccc1Cl. The number of halogens is 2. The largest absolute Gasteiger partial charge is 0.481 e. The molecule has 3 nitrogen and oxygen atoms in total. The zero-order valence-electron chi connectivity index (χ0n) is 9.23. The summed E-state index contributed by atoms with van der Waals surface area (Å²) >= 11 is 5.87. The average molecular weight is 266 g/mol. The minimum absolute atomic E-state index is 0.242. The van der Waals surface area contributed by atoms with Gasteiger partial charge in [-0.1, -0.05) is 11.6 Å². The van der Waals surface area contributed by atoms with Gasteiger partial charge >= 0.3 is 5.97 Å². The van der Waals surface area contributed by atoms with Crippen LogP contribution in [0, 0.1) is 5.82 Å². The molecular weight excluding hydrogens is 257 g/mol. The van der Waals surface area contributed by atoms with Gasteiger partial charge in [0.15, 0.2) is 0 Å². The first-order valence-electron chi connectivity index (χ1n) is 5.19. The van der Waals surface area contributed by atoms with Gasteiger partial charge in [-0.25, -0.2) is 4.39 Å². The minimum atomic E-state index is -0.999. The van der Waals surface area contributed by atoms with Crippen molar-refractivity contribution < 1.29 is 14.3 Å². The van der Waals surface area contributed by atoms with Gasteiger partial charge in [-0.2, -0.15) is 0 Å². The standard InChI is InChI=1S/C13H9ClFNO2/c14-10-5-6-11(16-12(10)7-13(17)18)8-1-3-9(15)4-2-8/h1-6H,7H2,(H,17,18). The average Bonchev–Trinajstić information content (AvgIpc) is 2.32. The van der Waals surface area contributed by atoms with Crippen LogP contribution in [0.4, 0.5) is 4.39 Å². The van der Waals surface area contributed by atoms with E-state index in [0.717, 1.165) is 0 Å². The van der Waals surface area contributed by atoms with Crippen LogP contribution in [-0.4, -0.2) is 16.1 Å². The third kappa shape index (κ3) is 2.84. The predicted octanol–water partition coefficient (Wildman–Crippen LogP) is 3.17. The minimum Gasteiger partial charge on any atom is -0.481 e. The lowest BCUT2D eigenvalue weighted by Crippen LogP contribution is -2.03. The highest BCUT2D eigenvalue weighted by atomic mass is 35.5. The number of hydrogen-bond acceptors (Lipinski definition) is 2. The molecule has 0 aliphatic heterocycles. The molecule has 0 saturated carbocycles. The third-order valence-corrected chi connectivity index (χ3v) is 2.72. The molecule has 2 aromatic rings. The number of pyridine rings is 1. The van der Waals surface area contributed by atoms with Gasteiger partial charge in [0.25, 0.3) is 0 Å². The highest BCUT2D eigenvalue weighted by Gasteiger charge is 2.09. The summed E-state index contributed by atoms with van der Waals surface area (Å²) < 4.78 is 12.8. The maximum atomic E-state index is 12.8. The predicted molar refractivity (Wildman–Crippen MR) is 66.0 cm³/mol. The van der Waals surface area contributed by atoms with Gasteiger partial charge < -0.3 is 5.11 Å². The molecule has 1 aromatic heterocycles. The molecule has 2 rings (SSSR count). The van der Waals surface area contributed by atoms with Crippen molar-refractivity contribution in [3.8, 4) is 11.3 Å². The fourth-order valence-corrected chi connectivity index (χ4v) is 1.71. The highest BCUT2D eigenvalue weighted by Crippen LogP contribution is 2.22. The Hall–Kier alpha value is -1.94. The monoisotopic (exact) mass is 265 g/mol. The molecular formula is C13H9ClFNO2. The Kier molecular flexibility index (Phi) is 3.58. The molecule has 0 radical (unpaired) electrons. The molecule has 0 aliphatic carbocycles. The van der Waals surface area contributed by atoms with Gasteiger partial charge in [0.2, 0.25) is 0 Å². The fraction of sp³-hybridized carbons (Fsp3) is 0.0769. The number of rotatable bonds is 3. The summed E-state index contributed by atoms with van der Waals surface area (Å²) in [5, 5.41) is 9.05. The van der Waals surface area contributed by atoms with Crippen LogP contribution >= 0.6 is 11.6 Å². The molecule has 0 aliphatic rings. The lowest BCUT2D eigenvalue weighted by atomic mass is 10.1. The van der Waals surface area contributed by atoms with E-state index in [4.69, 9.17) is 16.7 Å². The third-order valence-electron chi connectivity index (χ3n) is 2.38. The van der Waals surface area contributed by atoms with Crippen LogP contribution in [0.25, 0.3) is 11.3 Å². The lowest BCUT2D eigenvalue weighted by Gasteiger charge is -2.05. The summed E-state index contributed by atoms with van der Waals surface area (Å²) in [7, 11) is 0. The molecule has 0 atom stereocenters. The van der Waals surface area contributed by atoms with Crippen molar-refractivity contribution in [2.45, 2.75) is 6.42 Å². The van der Waals surface area contributed by atoms with Crippen LogP contribution in [0.15, 0.2) is 36.4 Å². The van der Waals surface area contributed by atoms with E-state index in [1.54, 1.807) is 24.3 Å². The maximum absolute atomic E-state index is 12.8. The van der Waals surface area contributed by atoms with Crippen LogP contribution in [0.5, 0.6) is 0 Å². The number of aromatic nitrogens is 1. The molecule has 0 bridgehead atoms. The Morgan fingerprint density at radius 2 is 1.89 bits per heavy atom. The number of carboxylic acid groups (broad SMARTS) is 1. The fourth-order valence-electron chi connectivity index (χ4n) is 1.53. The van der Waals surface area contributed by atoms with Crippen molar-refractivity contribution >= 4 is 17.6 Å². The maximum Gasteiger partial charge on any atom is 0.309 e. The van der Waals surface area contributed by atoms with E-state index < -0.39 is 5.97 Å². The summed E-state index contributed by atoms with van der Waals surface area (Å²) in [6, 6.07) is 9.06. The summed E-state index contributed by atoms with van der Waals surface area (Å²) in [6.45, 7) is 0. The first-order chi connectivity index (χ1) is 8.56. The second kappa shape index (κ2) is 5.14. The summed E-state index contributed by atoms with van der Waals surface area (Å²) in [6.07, 6.45) is -0.242. The molecule has 1 heterocycles. The normalized spacial score (nSPS) is 10.3. The van der Waals surface area contributed by atoms with Crippen molar-refractivity contribution in [3.05, 3.63) is 52.9 Å². The molecule has 0 amide bonds. The molecule has 5 heteroatoms. The number of carbonyl (C=O) groups is 1. The van der Waals surface area contributed by atoms with Crippen molar-refractivity contribution in [3.63, 3.8) is 0 Å². The van der Waals surface area contributed by atoms with Crippen molar-refractivity contribution in [1.82, 2.24) is 4.98 Å². The number of carboxylic acids is 1. The Morgan fingerprint density at radius 1 is 1.22 bits per heavy atom. The van der Waals surface area contributed by atoms with E-state index in [-0.39, 0.29) is 12.2 Å². The Morgan fingerprint density at radius 3 is 2.50 bits per heavy atom. The van der Waals surface area contributed by atoms with Gasteiger partial charge in [-0.3, -0.25) is 9.78 Å². The molecule has 92 valence electrons. The molecule has 0 spiro atoms. The van der Waals surface area contributed by atoms with E-state index >= 15 is 0 Å². The van der Waals surface area contributed by atoms with Gasteiger partial charge in [-0.05, 0) is 36.4 Å². The van der Waals surface area contributed by atoms with Crippen LogP contribution in [-0.2, 0) is 11.2 Å². The second-order valence-corrected chi connectivity index (χ2v) is 4.11. The topological polar surface area (TPSA) is 50.2 Å². The van der Waals surface area contributed by atoms with Crippen molar-refractivity contribution in [2.24, 2.45) is 0 Å². The van der Waals surface area contributed by atoms with Gasteiger partial charge in [0.1, 0.15) is 5.82 Å². The van der Waals surface area contributed by atoms with Gasteiger partial charge in [-0.15, -0.1) is 0 Å². The van der Waals surface area contributed by atoms with Crippen LogP contribution in [0.2, 0.25) is 5.02 Å². The first kappa shape index (κ1) is 12.5. The quantitative estimate of drug-likeness (QED) is 0.927. The molecule has 18 heavy (non-hydrogen) atoms. The summed E-state index contributed by atoms with van der Waals surface area (Å²) in [5.41, 5.74) is 1.57. The smallest absolute Gasteiger partial charge is 0.309 e. The van der Waals surface area contributed by atoms with Gasteiger partial charge in [0.05, 0.1) is 22.8 Å². The highest BCUT2D eigenvalue weighted by molar-refractivity contribution is 6.31. The molecule has 0 fully saturated rings. The Labute approximate surface area is 108 Å². The number of benzene rings is 1. The zero-order valence-corrected chi connectivity index (χ0v) is 9.99. The molecule has 1 aromatic carbocycles. The first-order valence-corrected chi connectivity index (χ1v) is 5.57. The number of hydrogen-bond donors (Lipinski definition) is 1. The van der Waals surface area contributed by atoms with E-state index in [1.165, 1.54) is 12.1 Å². The van der Waals surface area contributed by atoms with E-state index in [0.29, 0.717) is 22.0 Å². The molecule has 1 N–H and O–H groups in total. The molecule has 0 unspecified atom stereocenters. The van der Waals surface area contributed by atoms with Crippen LogP contribution in [0.3, 0.4) is 0 Å². The Bertz CT molecular complexity index is 584. The lowest BCUT2D eigenvalue weighted by molar-refractivity contribution is -0.136. The molecule has 0 saturated heterocycles. The number of aliphatic carboxylic acids is 1. The van der Waals surface area contributed by atoms with Crippen LogP contribution < -0.4 is 0 Å². The summed E-state index contributed by atoms with van der Waals surface area (Å²) in [5.74, 6) is -1.33. The van der Waals surface area contributed by atoms with E-state index in [9.17, 15) is 9.18 Å². The van der Waals surface area contributed by atoms with Crippen LogP contribution in [0.1, 0.15) is 5.69 Å². The van der Waals surface area contributed by atoms with E-state index in [1.807, 2.05) is 0 Å². The van der Waals surface area contributed by atoms with Crippen molar-refractivity contribution in [2.75, 3.05) is 0 Å². The van der Waals surface area contributed by atoms with Gasteiger partial charge in [0, 0.05) is 5.56 Å². The number of nitrogens with zero attached hydrogens (tertiary/aromatic N) is 1. The Balaban J connectivity index is 2.40. The van der Waals surface area contributed by atoms with E-state index in [2.05, 4.69) is 4.98 Å². The zero-order chi connectivity index (χ0) is 13.1. The summed E-state index contributed by atoms with van der Waals surface area (Å²) in [4.78, 5) is 14.8. The van der Waals surface area contributed by atoms with Crippen molar-refractivity contribution in [1.29, 1.82) is 0 Å². The second-order valence-electron chi connectivity index (χ2n) is 3.70.